The SMILES string of the molecule is CCN(C(=O)Oc1ccc(F)cc1)[C@@H]1CN(C(=O)C2CCC(=O)N(C(C)C)C2)C[C@H]1c1ccc(Cl)c(F)c1. The summed E-state index contributed by atoms with van der Waals surface area (Å²) in [6.45, 7) is 6.77. The first kappa shape index (κ1) is 27.8. The normalized spacial score (nSPS) is 21.7. The van der Waals surface area contributed by atoms with Gasteiger partial charge in [-0.15, -0.1) is 0 Å². The Morgan fingerprint density at radius 3 is 2.45 bits per heavy atom. The van der Waals surface area contributed by atoms with Crippen LogP contribution in [0.2, 0.25) is 5.02 Å². The lowest BCUT2D eigenvalue weighted by atomic mass is 9.93. The highest BCUT2D eigenvalue weighted by Crippen LogP contribution is 2.35. The van der Waals surface area contributed by atoms with Gasteiger partial charge in [-0.25, -0.2) is 13.6 Å². The van der Waals surface area contributed by atoms with E-state index >= 15 is 0 Å². The van der Waals surface area contributed by atoms with E-state index < -0.39 is 29.7 Å². The summed E-state index contributed by atoms with van der Waals surface area (Å²) in [5.41, 5.74) is 0.614. The van der Waals surface area contributed by atoms with Crippen LogP contribution >= 0.6 is 11.6 Å². The quantitative estimate of drug-likeness (QED) is 0.506. The van der Waals surface area contributed by atoms with Crippen molar-refractivity contribution in [2.45, 2.75) is 51.6 Å². The molecule has 7 nitrogen and oxygen atoms in total. The standard InChI is InChI=1S/C28H32ClF2N3O4/c1-4-33(28(37)38-21-9-7-20(30)8-10-21)25-16-32(15-22(25)18-5-11-23(29)24(31)13-18)27(36)19-6-12-26(35)34(14-19)17(2)3/h5,7-11,13,17,19,22,25H,4,6,12,14-16H2,1-3H3/t19?,22-,25+/m0/s1. The third-order valence-corrected chi connectivity index (χ3v) is 7.69. The third kappa shape index (κ3) is 5.93. The lowest BCUT2D eigenvalue weighted by Gasteiger charge is -2.36. The van der Waals surface area contributed by atoms with E-state index in [1.54, 1.807) is 22.8 Å². The number of benzene rings is 2. The smallest absolute Gasteiger partial charge is 0.410 e. The Morgan fingerprint density at radius 1 is 1.11 bits per heavy atom. The van der Waals surface area contributed by atoms with Crippen LogP contribution in [0.25, 0.3) is 0 Å². The molecule has 10 heteroatoms. The summed E-state index contributed by atoms with van der Waals surface area (Å²) >= 11 is 5.91. The number of likely N-dealkylation sites (tertiary alicyclic amines) is 2. The summed E-state index contributed by atoms with van der Waals surface area (Å²) in [6.07, 6.45) is 0.127. The number of carbonyl (C=O) groups is 3. The van der Waals surface area contributed by atoms with Gasteiger partial charge in [0.05, 0.1) is 17.0 Å². The van der Waals surface area contributed by atoms with Gasteiger partial charge in [-0.3, -0.25) is 9.59 Å². The van der Waals surface area contributed by atoms with Crippen LogP contribution in [-0.4, -0.2) is 70.9 Å². The molecule has 2 aliphatic rings. The molecular formula is C28H32ClF2N3O4. The van der Waals surface area contributed by atoms with Gasteiger partial charge in [0.1, 0.15) is 17.4 Å². The van der Waals surface area contributed by atoms with Crippen molar-refractivity contribution < 1.29 is 27.9 Å². The van der Waals surface area contributed by atoms with Crippen molar-refractivity contribution in [3.8, 4) is 5.75 Å². The highest BCUT2D eigenvalue weighted by Gasteiger charge is 2.44. The van der Waals surface area contributed by atoms with Crippen LogP contribution in [0.1, 0.15) is 45.1 Å². The Balaban J connectivity index is 1.59. The minimum absolute atomic E-state index is 0.00830. The Hall–Kier alpha value is -3.20. The highest BCUT2D eigenvalue weighted by atomic mass is 35.5. The maximum absolute atomic E-state index is 14.4. The number of halogens is 3. The summed E-state index contributed by atoms with van der Waals surface area (Å²) in [5, 5.41) is -0.0139. The molecule has 0 bridgehead atoms. The number of piperidine rings is 1. The molecule has 2 saturated heterocycles. The van der Waals surface area contributed by atoms with Crippen molar-refractivity contribution in [3.05, 3.63) is 64.7 Å². The second kappa shape index (κ2) is 11.7. The number of ether oxygens (including phenoxy) is 1. The minimum Gasteiger partial charge on any atom is -0.410 e. The van der Waals surface area contributed by atoms with Crippen LogP contribution in [0.3, 0.4) is 0 Å². The van der Waals surface area contributed by atoms with Crippen LogP contribution in [-0.2, 0) is 9.59 Å². The Morgan fingerprint density at radius 2 is 1.82 bits per heavy atom. The molecule has 3 atom stereocenters. The molecule has 2 aromatic rings. The summed E-state index contributed by atoms with van der Waals surface area (Å²) < 4.78 is 33.2. The van der Waals surface area contributed by atoms with E-state index in [2.05, 4.69) is 0 Å². The molecule has 38 heavy (non-hydrogen) atoms. The van der Waals surface area contributed by atoms with Gasteiger partial charge in [0, 0.05) is 44.6 Å². The molecule has 2 aromatic carbocycles. The fraction of sp³-hybridized carbons (Fsp3) is 0.464. The topological polar surface area (TPSA) is 70.2 Å². The molecule has 0 saturated carbocycles. The predicted octanol–water partition coefficient (Wildman–Crippen LogP) is 5.08. The zero-order valence-electron chi connectivity index (χ0n) is 21.7. The van der Waals surface area contributed by atoms with Crippen molar-refractivity contribution >= 4 is 29.5 Å². The molecule has 0 spiro atoms. The predicted molar refractivity (Wildman–Crippen MR) is 139 cm³/mol. The number of rotatable bonds is 6. The number of amides is 3. The molecule has 0 N–H and O–H groups in total. The average Bonchev–Trinajstić information content (AvgIpc) is 3.32. The Bertz CT molecular complexity index is 1190. The van der Waals surface area contributed by atoms with Crippen LogP contribution in [0, 0.1) is 17.6 Å². The number of hydrogen-bond acceptors (Lipinski definition) is 4. The summed E-state index contributed by atoms with van der Waals surface area (Å²) in [7, 11) is 0. The number of hydrogen-bond donors (Lipinski definition) is 0. The molecule has 1 unspecified atom stereocenters. The van der Waals surface area contributed by atoms with Gasteiger partial charge in [0.25, 0.3) is 0 Å². The molecule has 3 amide bonds. The number of carbonyl (C=O) groups excluding carboxylic acids is 3. The molecule has 2 fully saturated rings. The third-order valence-electron chi connectivity index (χ3n) is 7.38. The zero-order valence-corrected chi connectivity index (χ0v) is 22.5. The first-order valence-electron chi connectivity index (χ1n) is 12.9. The van der Waals surface area contributed by atoms with Crippen molar-refractivity contribution in [3.63, 3.8) is 0 Å². The molecule has 2 aliphatic heterocycles. The summed E-state index contributed by atoms with van der Waals surface area (Å²) in [4.78, 5) is 44.1. The van der Waals surface area contributed by atoms with Gasteiger partial charge in [-0.05, 0) is 69.2 Å². The van der Waals surface area contributed by atoms with Gasteiger partial charge in [0.2, 0.25) is 11.8 Å². The number of likely N-dealkylation sites (N-methyl/N-ethyl adjacent to an activating group) is 1. The van der Waals surface area contributed by atoms with E-state index in [0.29, 0.717) is 24.9 Å². The van der Waals surface area contributed by atoms with Crippen LogP contribution in [0.5, 0.6) is 5.75 Å². The lowest BCUT2D eigenvalue weighted by molar-refractivity contribution is -0.143. The molecule has 0 radical (unpaired) electrons. The molecular weight excluding hydrogens is 516 g/mol. The maximum Gasteiger partial charge on any atom is 0.415 e. The van der Waals surface area contributed by atoms with Gasteiger partial charge in [-0.2, -0.15) is 0 Å². The average molecular weight is 548 g/mol. The second-order valence-corrected chi connectivity index (χ2v) is 10.5. The molecule has 4 rings (SSSR count). The van der Waals surface area contributed by atoms with E-state index in [9.17, 15) is 23.2 Å². The molecule has 0 aromatic heterocycles. The van der Waals surface area contributed by atoms with Crippen LogP contribution < -0.4 is 4.74 Å². The van der Waals surface area contributed by atoms with Crippen LogP contribution in [0.4, 0.5) is 13.6 Å². The van der Waals surface area contributed by atoms with E-state index in [1.807, 2.05) is 13.8 Å². The van der Waals surface area contributed by atoms with E-state index in [4.69, 9.17) is 16.3 Å². The van der Waals surface area contributed by atoms with E-state index in [-0.39, 0.29) is 54.2 Å². The molecule has 0 aliphatic carbocycles. The minimum atomic E-state index is -0.646. The van der Waals surface area contributed by atoms with Gasteiger partial charge < -0.3 is 19.4 Å². The lowest BCUT2D eigenvalue weighted by Crippen LogP contribution is -2.50. The van der Waals surface area contributed by atoms with E-state index in [1.165, 1.54) is 41.3 Å². The summed E-state index contributed by atoms with van der Waals surface area (Å²) in [6, 6.07) is 9.13. The monoisotopic (exact) mass is 547 g/mol. The van der Waals surface area contributed by atoms with Crippen molar-refractivity contribution in [1.29, 1.82) is 0 Å². The van der Waals surface area contributed by atoms with Gasteiger partial charge in [0.15, 0.2) is 0 Å². The highest BCUT2D eigenvalue weighted by molar-refractivity contribution is 6.30. The molecule has 2 heterocycles. The Kier molecular flexibility index (Phi) is 8.55. The maximum atomic E-state index is 14.4. The fourth-order valence-electron chi connectivity index (χ4n) is 5.34. The largest absolute Gasteiger partial charge is 0.415 e. The van der Waals surface area contributed by atoms with E-state index in [0.717, 1.165) is 0 Å². The summed E-state index contributed by atoms with van der Waals surface area (Å²) in [5.74, 6) is -1.63. The van der Waals surface area contributed by atoms with Crippen molar-refractivity contribution in [1.82, 2.24) is 14.7 Å². The van der Waals surface area contributed by atoms with Gasteiger partial charge >= 0.3 is 6.09 Å². The van der Waals surface area contributed by atoms with Crippen LogP contribution in [0.15, 0.2) is 42.5 Å². The van der Waals surface area contributed by atoms with Crippen molar-refractivity contribution in [2.24, 2.45) is 5.92 Å². The first-order valence-corrected chi connectivity index (χ1v) is 13.2. The Labute approximate surface area is 226 Å². The van der Waals surface area contributed by atoms with Gasteiger partial charge in [-0.1, -0.05) is 17.7 Å². The first-order chi connectivity index (χ1) is 18.1. The fourth-order valence-corrected chi connectivity index (χ4v) is 5.46. The number of nitrogens with zero attached hydrogens (tertiary/aromatic N) is 3. The van der Waals surface area contributed by atoms with Crippen molar-refractivity contribution in [2.75, 3.05) is 26.2 Å². The zero-order chi connectivity index (χ0) is 27.6. The second-order valence-electron chi connectivity index (χ2n) is 10.1. The molecule has 204 valence electrons.